The van der Waals surface area contributed by atoms with Crippen LogP contribution in [0.2, 0.25) is 0 Å². The van der Waals surface area contributed by atoms with E-state index in [4.69, 9.17) is 0 Å². The Morgan fingerprint density at radius 2 is 1.91 bits per heavy atom. The summed E-state index contributed by atoms with van der Waals surface area (Å²) in [6.45, 7) is 4.96. The average Bonchev–Trinajstić information content (AvgIpc) is 3.00. The molecule has 2 aromatic rings. The fraction of sp³-hybridized carbons (Fsp3) is 0.375. The molecule has 118 valence electrons. The van der Waals surface area contributed by atoms with Crippen LogP contribution in [0, 0.1) is 0 Å². The van der Waals surface area contributed by atoms with E-state index in [9.17, 15) is 9.90 Å². The highest BCUT2D eigenvalue weighted by Crippen LogP contribution is 2.18. The summed E-state index contributed by atoms with van der Waals surface area (Å²) >= 11 is 1.61. The van der Waals surface area contributed by atoms with Gasteiger partial charge in [-0.05, 0) is 11.1 Å². The molecule has 0 aliphatic rings. The molecule has 0 unspecified atom stereocenters. The third-order valence-electron chi connectivity index (χ3n) is 3.22. The summed E-state index contributed by atoms with van der Waals surface area (Å²) in [5.74, 6) is 0.405. The molecule has 0 radical (unpaired) electrons. The lowest BCUT2D eigenvalue weighted by Crippen LogP contribution is -2.34. The fourth-order valence-electron chi connectivity index (χ4n) is 1.96. The Balaban J connectivity index is 1.80. The number of hydrogen-bond acceptors (Lipinski definition) is 4. The van der Waals surface area contributed by atoms with Crippen LogP contribution < -0.4 is 10.6 Å². The maximum atomic E-state index is 11.8. The van der Waals surface area contributed by atoms with Gasteiger partial charge < -0.3 is 15.7 Å². The van der Waals surface area contributed by atoms with E-state index < -0.39 is 0 Å². The predicted octanol–water partition coefficient (Wildman–Crippen LogP) is 2.76. The van der Waals surface area contributed by atoms with E-state index in [1.807, 2.05) is 29.6 Å². The Morgan fingerprint density at radius 1 is 1.23 bits per heavy atom. The number of carbonyl (C=O) groups is 1. The molecule has 3 N–H and O–H groups in total. The summed E-state index contributed by atoms with van der Waals surface area (Å²) in [5, 5.41) is 17.9. The molecule has 0 saturated carbocycles. The van der Waals surface area contributed by atoms with E-state index in [0.717, 1.165) is 21.8 Å². The Kier molecular flexibility index (Phi) is 5.91. The summed E-state index contributed by atoms with van der Waals surface area (Å²) in [6, 6.07) is 7.24. The Bertz CT molecular complexity index is 625. The molecule has 1 heterocycles. The Labute approximate surface area is 134 Å². The number of aliphatic hydroxyl groups excluding tert-OH is 1. The van der Waals surface area contributed by atoms with Crippen molar-refractivity contribution in [3.05, 3.63) is 51.5 Å². The zero-order valence-electron chi connectivity index (χ0n) is 12.8. The molecule has 0 spiro atoms. The highest BCUT2D eigenvalue weighted by Gasteiger charge is 2.07. The van der Waals surface area contributed by atoms with Gasteiger partial charge in [-0.3, -0.25) is 0 Å². The number of benzene rings is 1. The first-order valence-electron chi connectivity index (χ1n) is 7.23. The van der Waals surface area contributed by atoms with Crippen LogP contribution in [0.1, 0.15) is 41.6 Å². The van der Waals surface area contributed by atoms with Crippen LogP contribution in [0.3, 0.4) is 0 Å². The number of nitrogens with zero attached hydrogens (tertiary/aromatic N) is 1. The second-order valence-electron chi connectivity index (χ2n) is 5.29. The number of thiazole rings is 1. The molecule has 2 rings (SSSR count). The largest absolute Gasteiger partial charge is 0.392 e. The second-order valence-corrected chi connectivity index (χ2v) is 6.18. The van der Waals surface area contributed by atoms with Crippen molar-refractivity contribution < 1.29 is 9.90 Å². The maximum absolute atomic E-state index is 11.8. The van der Waals surface area contributed by atoms with Gasteiger partial charge in [-0.15, -0.1) is 11.3 Å². The lowest BCUT2D eigenvalue weighted by molar-refractivity contribution is 0.239. The molecular weight excluding hydrogens is 298 g/mol. The van der Waals surface area contributed by atoms with Gasteiger partial charge in [0.1, 0.15) is 0 Å². The van der Waals surface area contributed by atoms with Crippen LogP contribution in [0.25, 0.3) is 0 Å². The number of aliphatic hydroxyl groups is 1. The molecule has 0 aliphatic carbocycles. The van der Waals surface area contributed by atoms with Crippen molar-refractivity contribution in [3.63, 3.8) is 0 Å². The molecule has 2 amide bonds. The van der Waals surface area contributed by atoms with Crippen molar-refractivity contribution in [1.82, 2.24) is 15.6 Å². The van der Waals surface area contributed by atoms with Crippen molar-refractivity contribution in [1.29, 1.82) is 0 Å². The third-order valence-corrected chi connectivity index (χ3v) is 4.42. The van der Waals surface area contributed by atoms with Crippen LogP contribution in [0.4, 0.5) is 4.79 Å². The minimum absolute atomic E-state index is 0.0315. The lowest BCUT2D eigenvalue weighted by atomic mass is 10.1. The monoisotopic (exact) mass is 319 g/mol. The minimum Gasteiger partial charge on any atom is -0.392 e. The first-order chi connectivity index (χ1) is 10.6. The fourth-order valence-corrected chi connectivity index (χ4v) is 2.80. The van der Waals surface area contributed by atoms with Crippen LogP contribution in [-0.4, -0.2) is 16.1 Å². The van der Waals surface area contributed by atoms with Gasteiger partial charge in [0.05, 0.1) is 23.9 Å². The van der Waals surface area contributed by atoms with Gasteiger partial charge in [0.15, 0.2) is 0 Å². The average molecular weight is 319 g/mol. The standard InChI is InChI=1S/C16H21N3O2S/c1-11(2)15-19-14(10-22-15)8-18-16(21)17-7-12-5-3-4-6-13(12)9-20/h3-6,10-11,20H,7-9H2,1-2H3,(H2,17,18,21). The number of aromatic nitrogens is 1. The predicted molar refractivity (Wildman–Crippen MR) is 87.6 cm³/mol. The van der Waals surface area contributed by atoms with Gasteiger partial charge in [-0.25, -0.2) is 9.78 Å². The minimum atomic E-state index is -0.244. The van der Waals surface area contributed by atoms with Crippen molar-refractivity contribution in [2.24, 2.45) is 0 Å². The lowest BCUT2D eigenvalue weighted by Gasteiger charge is -2.09. The number of nitrogens with one attached hydrogen (secondary N) is 2. The Hall–Kier alpha value is -1.92. The highest BCUT2D eigenvalue weighted by atomic mass is 32.1. The van der Waals surface area contributed by atoms with Gasteiger partial charge in [-0.2, -0.15) is 0 Å². The van der Waals surface area contributed by atoms with Gasteiger partial charge in [0.25, 0.3) is 0 Å². The van der Waals surface area contributed by atoms with Crippen molar-refractivity contribution in [2.45, 2.75) is 39.5 Å². The molecule has 0 bridgehead atoms. The van der Waals surface area contributed by atoms with Gasteiger partial charge in [-0.1, -0.05) is 38.1 Å². The maximum Gasteiger partial charge on any atom is 0.315 e. The first-order valence-corrected chi connectivity index (χ1v) is 8.11. The molecule has 6 heteroatoms. The number of rotatable bonds is 6. The summed E-state index contributed by atoms with van der Waals surface area (Å²) in [7, 11) is 0. The number of urea groups is 1. The molecule has 0 saturated heterocycles. The summed E-state index contributed by atoms with van der Waals surface area (Å²) in [6.07, 6.45) is 0. The summed E-state index contributed by atoms with van der Waals surface area (Å²) in [4.78, 5) is 16.3. The van der Waals surface area contributed by atoms with Crippen LogP contribution in [0.5, 0.6) is 0 Å². The van der Waals surface area contributed by atoms with E-state index in [1.54, 1.807) is 11.3 Å². The van der Waals surface area contributed by atoms with E-state index in [0.29, 0.717) is 19.0 Å². The topological polar surface area (TPSA) is 74.2 Å². The SMILES string of the molecule is CC(C)c1nc(CNC(=O)NCc2ccccc2CO)cs1. The molecule has 1 aromatic heterocycles. The smallest absolute Gasteiger partial charge is 0.315 e. The molecule has 1 aromatic carbocycles. The Morgan fingerprint density at radius 3 is 2.55 bits per heavy atom. The third kappa shape index (κ3) is 4.54. The molecule has 0 atom stereocenters. The van der Waals surface area contributed by atoms with Gasteiger partial charge in [0, 0.05) is 17.8 Å². The zero-order valence-corrected chi connectivity index (χ0v) is 13.6. The van der Waals surface area contributed by atoms with E-state index >= 15 is 0 Å². The van der Waals surface area contributed by atoms with Crippen molar-refractivity contribution in [2.75, 3.05) is 0 Å². The molecule has 0 aliphatic heterocycles. The molecule has 5 nitrogen and oxygen atoms in total. The number of amides is 2. The van der Waals surface area contributed by atoms with Gasteiger partial charge >= 0.3 is 6.03 Å². The van der Waals surface area contributed by atoms with Crippen LogP contribution in [-0.2, 0) is 19.7 Å². The van der Waals surface area contributed by atoms with Crippen molar-refractivity contribution >= 4 is 17.4 Å². The number of carbonyl (C=O) groups excluding carboxylic acids is 1. The molecule has 22 heavy (non-hydrogen) atoms. The normalized spacial score (nSPS) is 10.7. The molecular formula is C16H21N3O2S. The summed E-state index contributed by atoms with van der Waals surface area (Å²) < 4.78 is 0. The van der Waals surface area contributed by atoms with E-state index in [1.165, 1.54) is 0 Å². The number of hydrogen-bond donors (Lipinski definition) is 3. The quantitative estimate of drug-likeness (QED) is 0.766. The molecule has 0 fully saturated rings. The van der Waals surface area contributed by atoms with Crippen LogP contribution in [0.15, 0.2) is 29.6 Å². The van der Waals surface area contributed by atoms with E-state index in [2.05, 4.69) is 29.5 Å². The van der Waals surface area contributed by atoms with E-state index in [-0.39, 0.29) is 12.6 Å². The first kappa shape index (κ1) is 16.5. The second kappa shape index (κ2) is 7.91. The summed E-state index contributed by atoms with van der Waals surface area (Å²) in [5.41, 5.74) is 2.61. The zero-order chi connectivity index (χ0) is 15.9. The van der Waals surface area contributed by atoms with Crippen molar-refractivity contribution in [3.8, 4) is 0 Å². The van der Waals surface area contributed by atoms with Gasteiger partial charge in [0.2, 0.25) is 0 Å². The van der Waals surface area contributed by atoms with Crippen LogP contribution >= 0.6 is 11.3 Å². The highest BCUT2D eigenvalue weighted by molar-refractivity contribution is 7.09.